The van der Waals surface area contributed by atoms with Crippen LogP contribution in [0.3, 0.4) is 0 Å². The molecule has 0 saturated carbocycles. The number of rotatable bonds is 4. The third-order valence-electron chi connectivity index (χ3n) is 4.65. The van der Waals surface area contributed by atoms with Crippen molar-refractivity contribution in [1.29, 1.82) is 0 Å². The Morgan fingerprint density at radius 2 is 2.04 bits per heavy atom. The second-order valence-electron chi connectivity index (χ2n) is 6.53. The van der Waals surface area contributed by atoms with Gasteiger partial charge in [0.1, 0.15) is 0 Å². The van der Waals surface area contributed by atoms with E-state index in [2.05, 4.69) is 5.32 Å². The fourth-order valence-corrected chi connectivity index (χ4v) is 3.05. The Kier molecular flexibility index (Phi) is 5.19. The van der Waals surface area contributed by atoms with Gasteiger partial charge < -0.3 is 19.9 Å². The number of hydrogen-bond donors (Lipinski definition) is 2. The third-order valence-corrected chi connectivity index (χ3v) is 4.65. The zero-order chi connectivity index (χ0) is 17.8. The number of aliphatic hydroxyl groups is 1. The van der Waals surface area contributed by atoms with Crippen LogP contribution >= 0.6 is 0 Å². The van der Waals surface area contributed by atoms with Gasteiger partial charge in [-0.3, -0.25) is 4.79 Å². The minimum atomic E-state index is -0.390. The number of carbonyl (C=O) groups is 1. The maximum absolute atomic E-state index is 12.3. The van der Waals surface area contributed by atoms with E-state index in [0.29, 0.717) is 19.6 Å². The Morgan fingerprint density at radius 1 is 1.28 bits per heavy atom. The van der Waals surface area contributed by atoms with Gasteiger partial charge in [0, 0.05) is 37.0 Å². The van der Waals surface area contributed by atoms with Crippen LogP contribution in [0, 0.1) is 5.92 Å². The summed E-state index contributed by atoms with van der Waals surface area (Å²) >= 11 is 0. The van der Waals surface area contributed by atoms with Crippen LogP contribution in [0.25, 0.3) is 0 Å². The second-order valence-corrected chi connectivity index (χ2v) is 6.53. The van der Waals surface area contributed by atoms with Gasteiger partial charge in [-0.25, -0.2) is 4.79 Å². The zero-order valence-electron chi connectivity index (χ0n) is 14.3. The van der Waals surface area contributed by atoms with Gasteiger partial charge >= 0.3 is 6.03 Å². The summed E-state index contributed by atoms with van der Waals surface area (Å²) in [5.41, 5.74) is 1.66. The highest BCUT2D eigenvalue weighted by Gasteiger charge is 2.28. The maximum atomic E-state index is 12.3. The smallest absolute Gasteiger partial charge is 0.321 e. The topological polar surface area (TPSA) is 74.6 Å². The molecule has 6 heteroatoms. The lowest BCUT2D eigenvalue weighted by atomic mass is 10.0. The predicted molar refractivity (Wildman–Crippen MR) is 96.6 cm³/mol. The molecule has 1 fully saturated rings. The Morgan fingerprint density at radius 3 is 2.68 bits per heavy atom. The maximum Gasteiger partial charge on any atom is 0.321 e. The Balaban J connectivity index is 1.58. The van der Waals surface area contributed by atoms with Gasteiger partial charge in [-0.05, 0) is 37.1 Å². The number of anilines is 1. The van der Waals surface area contributed by atoms with E-state index in [1.807, 2.05) is 30.3 Å². The number of aromatic nitrogens is 1. The quantitative estimate of drug-likeness (QED) is 0.895. The van der Waals surface area contributed by atoms with Crippen LogP contribution in [-0.2, 0) is 6.54 Å². The predicted octanol–water partition coefficient (Wildman–Crippen LogP) is 2.13. The summed E-state index contributed by atoms with van der Waals surface area (Å²) in [7, 11) is 0. The van der Waals surface area contributed by atoms with E-state index in [4.69, 9.17) is 0 Å². The molecule has 0 unspecified atom stereocenters. The van der Waals surface area contributed by atoms with Crippen LogP contribution in [0.15, 0.2) is 53.5 Å². The van der Waals surface area contributed by atoms with Gasteiger partial charge in [0.05, 0.1) is 12.6 Å². The molecule has 0 aliphatic carbocycles. The Bertz CT molecular complexity index is 783. The molecule has 1 aromatic carbocycles. The highest BCUT2D eigenvalue weighted by molar-refractivity contribution is 5.89. The normalized spacial score (nSPS) is 18.2. The molecule has 6 nitrogen and oxygen atoms in total. The second kappa shape index (κ2) is 7.53. The number of likely N-dealkylation sites (tertiary alicyclic amines) is 1. The van der Waals surface area contributed by atoms with Gasteiger partial charge in [-0.15, -0.1) is 0 Å². The van der Waals surface area contributed by atoms with Crippen LogP contribution in [0.4, 0.5) is 10.5 Å². The van der Waals surface area contributed by atoms with Gasteiger partial charge in [0.25, 0.3) is 5.56 Å². The van der Waals surface area contributed by atoms with Gasteiger partial charge in [-0.1, -0.05) is 18.2 Å². The van der Waals surface area contributed by atoms with Crippen LogP contribution < -0.4 is 10.9 Å². The van der Waals surface area contributed by atoms with Gasteiger partial charge in [0.2, 0.25) is 0 Å². The highest BCUT2D eigenvalue weighted by atomic mass is 16.3. The summed E-state index contributed by atoms with van der Waals surface area (Å²) in [5.74, 6) is 0.150. The summed E-state index contributed by atoms with van der Waals surface area (Å²) in [6.07, 6.45) is 2.19. The number of nitrogens with zero attached hydrogens (tertiary/aromatic N) is 2. The number of benzene rings is 1. The van der Waals surface area contributed by atoms with Crippen LogP contribution in [0.2, 0.25) is 0 Å². The van der Waals surface area contributed by atoms with Crippen LogP contribution in [-0.4, -0.2) is 39.8 Å². The van der Waals surface area contributed by atoms with E-state index in [-0.39, 0.29) is 17.5 Å². The molecule has 1 saturated heterocycles. The first-order chi connectivity index (χ1) is 12.0. The highest BCUT2D eigenvalue weighted by Crippen LogP contribution is 2.20. The van der Waals surface area contributed by atoms with E-state index in [0.717, 1.165) is 17.7 Å². The molecule has 2 heterocycles. The number of amides is 2. The lowest BCUT2D eigenvalue weighted by Gasteiger charge is -2.18. The fourth-order valence-electron chi connectivity index (χ4n) is 3.05. The molecule has 25 heavy (non-hydrogen) atoms. The van der Waals surface area contributed by atoms with Crippen molar-refractivity contribution >= 4 is 11.7 Å². The molecule has 1 aliphatic rings. The van der Waals surface area contributed by atoms with E-state index < -0.39 is 6.10 Å². The van der Waals surface area contributed by atoms with Crippen molar-refractivity contribution in [1.82, 2.24) is 9.47 Å². The first-order valence-electron chi connectivity index (χ1n) is 8.51. The zero-order valence-corrected chi connectivity index (χ0v) is 14.3. The minimum absolute atomic E-state index is 0.0402. The van der Waals surface area contributed by atoms with Crippen molar-refractivity contribution in [3.05, 3.63) is 64.6 Å². The number of aliphatic hydroxyl groups excluding tert-OH is 1. The molecule has 1 aromatic heterocycles. The number of hydrogen-bond acceptors (Lipinski definition) is 3. The molecule has 2 N–H and O–H groups in total. The molecule has 132 valence electrons. The first-order valence-corrected chi connectivity index (χ1v) is 8.51. The minimum Gasteiger partial charge on any atom is -0.393 e. The molecule has 0 bridgehead atoms. The van der Waals surface area contributed by atoms with E-state index in [1.165, 1.54) is 6.07 Å². The molecule has 2 atom stereocenters. The monoisotopic (exact) mass is 341 g/mol. The van der Waals surface area contributed by atoms with Crippen molar-refractivity contribution in [2.45, 2.75) is 26.0 Å². The molecule has 2 amide bonds. The number of pyridine rings is 1. The summed E-state index contributed by atoms with van der Waals surface area (Å²) in [6.45, 7) is 3.51. The lowest BCUT2D eigenvalue weighted by Crippen LogP contribution is -2.34. The van der Waals surface area contributed by atoms with Crippen molar-refractivity contribution in [3.63, 3.8) is 0 Å². The Labute approximate surface area is 146 Å². The van der Waals surface area contributed by atoms with Crippen molar-refractivity contribution in [2.75, 3.05) is 18.4 Å². The average molecular weight is 341 g/mol. The number of nitrogens with one attached hydrogen (secondary N) is 1. The molecular weight excluding hydrogens is 318 g/mol. The summed E-state index contributed by atoms with van der Waals surface area (Å²) < 4.78 is 1.63. The summed E-state index contributed by atoms with van der Waals surface area (Å²) in [5, 5.41) is 12.5. The third kappa shape index (κ3) is 4.28. The average Bonchev–Trinajstić information content (AvgIpc) is 3.09. The number of carbonyl (C=O) groups excluding carboxylic acids is 1. The molecule has 0 spiro atoms. The lowest BCUT2D eigenvalue weighted by molar-refractivity contribution is 0.130. The van der Waals surface area contributed by atoms with E-state index in [1.54, 1.807) is 28.7 Å². The Hall–Kier alpha value is -2.60. The van der Waals surface area contributed by atoms with Gasteiger partial charge in [0.15, 0.2) is 0 Å². The van der Waals surface area contributed by atoms with Gasteiger partial charge in [-0.2, -0.15) is 0 Å². The van der Waals surface area contributed by atoms with E-state index >= 15 is 0 Å². The van der Waals surface area contributed by atoms with Crippen molar-refractivity contribution in [3.8, 4) is 0 Å². The number of urea groups is 1. The summed E-state index contributed by atoms with van der Waals surface area (Å²) in [6, 6.07) is 12.4. The molecule has 0 radical (unpaired) electrons. The van der Waals surface area contributed by atoms with Crippen LogP contribution in [0.1, 0.15) is 18.9 Å². The van der Waals surface area contributed by atoms with Crippen molar-refractivity contribution < 1.29 is 9.90 Å². The summed E-state index contributed by atoms with van der Waals surface area (Å²) in [4.78, 5) is 25.8. The van der Waals surface area contributed by atoms with Crippen LogP contribution in [0.5, 0.6) is 0 Å². The standard InChI is InChI=1S/C19H23N3O3/c1-14(23)16-9-11-22(13-16)19(25)20-17-7-5-15(6-8-17)12-21-10-3-2-4-18(21)24/h2-8,10,14,16,23H,9,11-13H2,1H3,(H,20,25)/t14-,16+/m1/s1. The first kappa shape index (κ1) is 17.2. The molecule has 1 aliphatic heterocycles. The molecular formula is C19H23N3O3. The SMILES string of the molecule is C[C@@H](O)[C@H]1CCN(C(=O)Nc2ccc(Cn3ccccc3=O)cc2)C1. The van der Waals surface area contributed by atoms with E-state index in [9.17, 15) is 14.7 Å². The molecule has 3 rings (SSSR count). The largest absolute Gasteiger partial charge is 0.393 e. The van der Waals surface area contributed by atoms with Crippen molar-refractivity contribution in [2.24, 2.45) is 5.92 Å². The molecule has 2 aromatic rings. The fraction of sp³-hybridized carbons (Fsp3) is 0.368.